The van der Waals surface area contributed by atoms with Crippen LogP contribution in [0.25, 0.3) is 0 Å². The lowest BCUT2D eigenvalue weighted by molar-refractivity contribution is -0.116. The van der Waals surface area contributed by atoms with Crippen LogP contribution in [0.2, 0.25) is 10.0 Å². The van der Waals surface area contributed by atoms with Gasteiger partial charge in [-0.3, -0.25) is 4.79 Å². The van der Waals surface area contributed by atoms with E-state index in [1.54, 1.807) is 38.1 Å². The van der Waals surface area contributed by atoms with Gasteiger partial charge in [0.15, 0.2) is 17.3 Å². The number of methoxy groups -OCH3 is 3. The molecule has 3 aromatic rings. The lowest BCUT2D eigenvalue weighted by Crippen LogP contribution is -2.33. The third kappa shape index (κ3) is 3.67. The normalized spacial score (nSPS) is 19.3. The smallest absolute Gasteiger partial charge is 0.226 e. The molecule has 8 nitrogen and oxygen atoms in total. The van der Waals surface area contributed by atoms with Gasteiger partial charge in [-0.25, -0.2) is 4.68 Å². The van der Waals surface area contributed by atoms with Crippen molar-refractivity contribution in [3.05, 3.63) is 69.1 Å². The molecule has 0 spiro atoms. The summed E-state index contributed by atoms with van der Waals surface area (Å²) in [7, 11) is 4.71. The van der Waals surface area contributed by atoms with Crippen molar-refractivity contribution in [2.24, 2.45) is 0 Å². The van der Waals surface area contributed by atoms with Gasteiger partial charge in [-0.05, 0) is 47.7 Å². The maximum absolute atomic E-state index is 13.6. The molecule has 2 heterocycles. The van der Waals surface area contributed by atoms with Crippen LogP contribution in [0.5, 0.6) is 17.2 Å². The van der Waals surface area contributed by atoms with Crippen molar-refractivity contribution in [3.8, 4) is 17.2 Å². The van der Waals surface area contributed by atoms with Gasteiger partial charge in [-0.2, -0.15) is 10.1 Å². The van der Waals surface area contributed by atoms with E-state index in [1.807, 2.05) is 18.2 Å². The van der Waals surface area contributed by atoms with Crippen LogP contribution in [0.1, 0.15) is 35.9 Å². The Bertz CT molecular complexity index is 1300. The van der Waals surface area contributed by atoms with Gasteiger partial charge in [-0.15, -0.1) is 0 Å². The minimum Gasteiger partial charge on any atom is -0.493 e. The van der Waals surface area contributed by atoms with E-state index >= 15 is 0 Å². The molecular formula is C24H22Cl2N4O4. The molecule has 2 aliphatic rings. The molecule has 0 unspecified atom stereocenters. The number of anilines is 1. The van der Waals surface area contributed by atoms with Crippen LogP contribution < -0.4 is 19.5 Å². The number of hydrogen-bond donors (Lipinski definition) is 1. The highest BCUT2D eigenvalue weighted by Gasteiger charge is 2.39. The Labute approximate surface area is 206 Å². The van der Waals surface area contributed by atoms with Crippen molar-refractivity contribution in [1.82, 2.24) is 14.8 Å². The number of carbonyl (C=O) groups is 1. The molecule has 0 saturated carbocycles. The van der Waals surface area contributed by atoms with E-state index < -0.39 is 6.04 Å². The molecule has 34 heavy (non-hydrogen) atoms. The second-order valence-corrected chi connectivity index (χ2v) is 8.92. The molecule has 1 N–H and O–H groups in total. The molecule has 10 heteroatoms. The van der Waals surface area contributed by atoms with Crippen molar-refractivity contribution < 1.29 is 19.0 Å². The SMILES string of the molecule is COc1cc([C@H]2CC(=O)C3=C(C2)Nc2ncnn2[C@H]3c2ccc(Cl)c(Cl)c2)cc(OC)c1OC. The Hall–Kier alpha value is -3.23. The van der Waals surface area contributed by atoms with Gasteiger partial charge in [0.25, 0.3) is 0 Å². The van der Waals surface area contributed by atoms with Gasteiger partial charge < -0.3 is 19.5 Å². The highest BCUT2D eigenvalue weighted by molar-refractivity contribution is 6.42. The summed E-state index contributed by atoms with van der Waals surface area (Å²) >= 11 is 12.4. The van der Waals surface area contributed by atoms with Crippen molar-refractivity contribution in [2.45, 2.75) is 24.8 Å². The molecular weight excluding hydrogens is 479 g/mol. The molecule has 1 aromatic heterocycles. The van der Waals surface area contributed by atoms with Crippen LogP contribution in [0.4, 0.5) is 5.95 Å². The average Bonchev–Trinajstić information content (AvgIpc) is 3.31. The first kappa shape index (κ1) is 22.6. The van der Waals surface area contributed by atoms with E-state index in [0.717, 1.165) is 16.8 Å². The van der Waals surface area contributed by atoms with Gasteiger partial charge >= 0.3 is 0 Å². The maximum atomic E-state index is 13.6. The zero-order valence-electron chi connectivity index (χ0n) is 18.8. The Morgan fingerprint density at radius 1 is 0.971 bits per heavy atom. The standard InChI is InChI=1S/C24H22Cl2N4O4/c1-32-19-9-14(10-20(33-2)23(19)34-3)13-7-17-21(18(31)8-13)22(30-24(29-17)27-11-28-30)12-4-5-15(25)16(26)6-12/h4-6,9-11,13,22H,7-8H2,1-3H3,(H,27,28,29)/t13-,22+/m1/s1. The third-order valence-electron chi connectivity index (χ3n) is 6.28. The number of rotatable bonds is 5. The van der Waals surface area contributed by atoms with E-state index in [4.69, 9.17) is 37.4 Å². The highest BCUT2D eigenvalue weighted by atomic mass is 35.5. The first-order chi connectivity index (χ1) is 16.4. The van der Waals surface area contributed by atoms with Crippen LogP contribution in [-0.2, 0) is 4.79 Å². The summed E-state index contributed by atoms with van der Waals surface area (Å²) in [6.07, 6.45) is 2.39. The Morgan fingerprint density at radius 3 is 2.35 bits per heavy atom. The number of carbonyl (C=O) groups excluding carboxylic acids is 1. The molecule has 0 radical (unpaired) electrons. The Morgan fingerprint density at radius 2 is 1.71 bits per heavy atom. The Balaban J connectivity index is 1.58. The fraction of sp³-hybridized carbons (Fsp3) is 0.292. The number of hydrogen-bond acceptors (Lipinski definition) is 7. The minimum atomic E-state index is -0.447. The monoisotopic (exact) mass is 500 g/mol. The molecule has 0 fully saturated rings. The largest absolute Gasteiger partial charge is 0.493 e. The van der Waals surface area contributed by atoms with Gasteiger partial charge in [0.2, 0.25) is 11.7 Å². The molecule has 0 bridgehead atoms. The molecule has 5 rings (SSSR count). The lowest BCUT2D eigenvalue weighted by atomic mass is 9.77. The molecule has 1 aliphatic carbocycles. The maximum Gasteiger partial charge on any atom is 0.226 e. The summed E-state index contributed by atoms with van der Waals surface area (Å²) in [6.45, 7) is 0. The fourth-order valence-corrected chi connectivity index (χ4v) is 5.02. The van der Waals surface area contributed by atoms with Crippen LogP contribution in [-0.4, -0.2) is 41.9 Å². The summed E-state index contributed by atoms with van der Waals surface area (Å²) < 4.78 is 18.2. The zero-order chi connectivity index (χ0) is 24.0. The predicted octanol–water partition coefficient (Wildman–Crippen LogP) is 5.03. The van der Waals surface area contributed by atoms with Crippen molar-refractivity contribution in [2.75, 3.05) is 26.6 Å². The number of aromatic nitrogens is 3. The average molecular weight is 501 g/mol. The first-order valence-corrected chi connectivity index (χ1v) is 11.4. The predicted molar refractivity (Wildman–Crippen MR) is 128 cm³/mol. The number of nitrogens with zero attached hydrogens (tertiary/aromatic N) is 3. The summed E-state index contributed by atoms with van der Waals surface area (Å²) in [5.74, 6) is 2.11. The Kier molecular flexibility index (Phi) is 5.87. The quantitative estimate of drug-likeness (QED) is 0.525. The number of benzene rings is 2. The summed E-state index contributed by atoms with van der Waals surface area (Å²) in [4.78, 5) is 17.9. The van der Waals surface area contributed by atoms with Crippen molar-refractivity contribution in [3.63, 3.8) is 0 Å². The molecule has 0 amide bonds. The number of ketones is 1. The van der Waals surface area contributed by atoms with Gasteiger partial charge in [0, 0.05) is 17.7 Å². The van der Waals surface area contributed by atoms with Crippen LogP contribution in [0.15, 0.2) is 47.9 Å². The van der Waals surface area contributed by atoms with Crippen molar-refractivity contribution in [1.29, 1.82) is 0 Å². The highest BCUT2D eigenvalue weighted by Crippen LogP contribution is 2.47. The van der Waals surface area contributed by atoms with Crippen LogP contribution in [0.3, 0.4) is 0 Å². The van der Waals surface area contributed by atoms with E-state index in [9.17, 15) is 4.79 Å². The number of Topliss-reactive ketones (excluding diaryl/α,β-unsaturated/α-hetero) is 1. The van der Waals surface area contributed by atoms with Gasteiger partial charge in [-0.1, -0.05) is 29.3 Å². The van der Waals surface area contributed by atoms with Gasteiger partial charge in [0.05, 0.1) is 31.4 Å². The van der Waals surface area contributed by atoms with Gasteiger partial charge in [0.1, 0.15) is 12.4 Å². The van der Waals surface area contributed by atoms with E-state index in [1.165, 1.54) is 6.33 Å². The van der Waals surface area contributed by atoms with Crippen LogP contribution in [0, 0.1) is 0 Å². The molecule has 2 atom stereocenters. The second-order valence-electron chi connectivity index (χ2n) is 8.11. The number of ether oxygens (including phenoxy) is 3. The van der Waals surface area contributed by atoms with Crippen LogP contribution >= 0.6 is 23.2 Å². The second kappa shape index (κ2) is 8.85. The van der Waals surface area contributed by atoms with E-state index in [0.29, 0.717) is 51.7 Å². The molecule has 176 valence electrons. The van der Waals surface area contributed by atoms with E-state index in [-0.39, 0.29) is 11.7 Å². The van der Waals surface area contributed by atoms with E-state index in [2.05, 4.69) is 15.4 Å². The zero-order valence-corrected chi connectivity index (χ0v) is 20.3. The van der Waals surface area contributed by atoms with Crippen molar-refractivity contribution >= 4 is 34.9 Å². The fourth-order valence-electron chi connectivity index (χ4n) is 4.72. The minimum absolute atomic E-state index is 0.0183. The summed E-state index contributed by atoms with van der Waals surface area (Å²) in [6, 6.07) is 8.70. The summed E-state index contributed by atoms with van der Waals surface area (Å²) in [5, 5.41) is 8.55. The number of fused-ring (bicyclic) bond motifs is 1. The number of nitrogens with one attached hydrogen (secondary N) is 1. The summed E-state index contributed by atoms with van der Waals surface area (Å²) in [5.41, 5.74) is 3.20. The molecule has 0 saturated heterocycles. The third-order valence-corrected chi connectivity index (χ3v) is 7.02. The lowest BCUT2D eigenvalue weighted by Gasteiger charge is -2.35. The number of halogens is 2. The molecule has 2 aromatic carbocycles. The molecule has 1 aliphatic heterocycles. The topological polar surface area (TPSA) is 87.5 Å². The number of allylic oxidation sites excluding steroid dienone is 2. The first-order valence-electron chi connectivity index (χ1n) is 10.6.